The van der Waals surface area contributed by atoms with Gasteiger partial charge in [-0.2, -0.15) is 13.2 Å². The molecule has 0 saturated carbocycles. The van der Waals surface area contributed by atoms with Gasteiger partial charge >= 0.3 is 6.18 Å². The molecule has 0 saturated heterocycles. The molecule has 0 spiro atoms. The van der Waals surface area contributed by atoms with Gasteiger partial charge in [0.25, 0.3) is 0 Å². The lowest BCUT2D eigenvalue weighted by Crippen LogP contribution is -2.22. The van der Waals surface area contributed by atoms with Crippen molar-refractivity contribution in [3.05, 3.63) is 41.2 Å². The number of tetrazole rings is 1. The molecule has 0 radical (unpaired) electrons. The first kappa shape index (κ1) is 15.4. The van der Waals surface area contributed by atoms with E-state index in [-0.39, 0.29) is 6.04 Å². The van der Waals surface area contributed by atoms with Gasteiger partial charge in [0.05, 0.1) is 18.2 Å². The maximum atomic E-state index is 12.5. The van der Waals surface area contributed by atoms with Gasteiger partial charge in [-0.05, 0) is 41.6 Å². The van der Waals surface area contributed by atoms with Gasteiger partial charge in [-0.15, -0.1) is 5.10 Å². The van der Waals surface area contributed by atoms with Gasteiger partial charge in [0, 0.05) is 0 Å². The van der Waals surface area contributed by atoms with Crippen molar-refractivity contribution in [3.8, 4) is 0 Å². The molecule has 0 amide bonds. The van der Waals surface area contributed by atoms with Crippen LogP contribution in [0.1, 0.15) is 36.8 Å². The Morgan fingerprint density at radius 2 is 1.90 bits per heavy atom. The molecule has 0 aliphatic heterocycles. The predicted molar refractivity (Wildman–Crippen MR) is 70.5 cm³/mol. The molecule has 114 valence electrons. The lowest BCUT2D eigenvalue weighted by molar-refractivity contribution is -0.137. The van der Waals surface area contributed by atoms with E-state index in [1.54, 1.807) is 4.68 Å². The quantitative estimate of drug-likeness (QED) is 0.921. The van der Waals surface area contributed by atoms with E-state index in [9.17, 15) is 13.2 Å². The molecule has 0 bridgehead atoms. The number of halogens is 3. The first-order valence-electron chi connectivity index (χ1n) is 6.57. The Hall–Kier alpha value is -1.96. The molecule has 21 heavy (non-hydrogen) atoms. The van der Waals surface area contributed by atoms with Crippen molar-refractivity contribution in [1.82, 2.24) is 25.5 Å². The Morgan fingerprint density at radius 1 is 1.24 bits per heavy atom. The highest BCUT2D eigenvalue weighted by Gasteiger charge is 2.29. The summed E-state index contributed by atoms with van der Waals surface area (Å²) >= 11 is 0. The van der Waals surface area contributed by atoms with Gasteiger partial charge in [-0.25, -0.2) is 4.68 Å². The van der Waals surface area contributed by atoms with Crippen molar-refractivity contribution in [1.29, 1.82) is 0 Å². The molecule has 1 heterocycles. The number of hydrogen-bond acceptors (Lipinski definition) is 4. The molecule has 0 aliphatic carbocycles. The summed E-state index contributed by atoms with van der Waals surface area (Å²) in [5.41, 5.74) is 0.0458. The summed E-state index contributed by atoms with van der Waals surface area (Å²) in [6, 6.07) is 4.97. The third-order valence-corrected chi connectivity index (χ3v) is 3.07. The molecule has 5 nitrogen and oxygen atoms in total. The van der Waals surface area contributed by atoms with E-state index >= 15 is 0 Å². The predicted octanol–water partition coefficient (Wildman–Crippen LogP) is 2.41. The van der Waals surface area contributed by atoms with Gasteiger partial charge in [0.2, 0.25) is 0 Å². The van der Waals surface area contributed by atoms with Crippen molar-refractivity contribution in [2.75, 3.05) is 6.54 Å². The third-order valence-electron chi connectivity index (χ3n) is 3.07. The van der Waals surface area contributed by atoms with E-state index in [0.29, 0.717) is 17.9 Å². The lowest BCUT2D eigenvalue weighted by atomic mass is 10.1. The topological polar surface area (TPSA) is 55.6 Å². The van der Waals surface area contributed by atoms with Crippen LogP contribution in [0, 0.1) is 0 Å². The second-order valence-corrected chi connectivity index (χ2v) is 4.67. The van der Waals surface area contributed by atoms with Crippen LogP contribution in [0.3, 0.4) is 0 Å². The normalized spacial score (nSPS) is 13.4. The summed E-state index contributed by atoms with van der Waals surface area (Å²) < 4.78 is 39.1. The van der Waals surface area contributed by atoms with Gasteiger partial charge in [0.1, 0.15) is 0 Å². The highest BCUT2D eigenvalue weighted by Crippen LogP contribution is 2.29. The van der Waals surface area contributed by atoms with Gasteiger partial charge in [0.15, 0.2) is 5.82 Å². The fraction of sp³-hybridized carbons (Fsp3) is 0.462. The number of hydrogen-bond donors (Lipinski definition) is 1. The van der Waals surface area contributed by atoms with Gasteiger partial charge < -0.3 is 5.32 Å². The van der Waals surface area contributed by atoms with Crippen LogP contribution < -0.4 is 5.32 Å². The summed E-state index contributed by atoms with van der Waals surface area (Å²) in [7, 11) is 0. The number of alkyl halides is 3. The second-order valence-electron chi connectivity index (χ2n) is 4.67. The standard InChI is InChI=1S/C13H16F3N5/c1-3-17-9(2)12-18-19-20-21(12)8-10-4-6-11(7-5-10)13(14,15)16/h4-7,9,17H,3,8H2,1-2H3. The first-order valence-corrected chi connectivity index (χ1v) is 6.57. The van der Waals surface area contributed by atoms with Crippen molar-refractivity contribution >= 4 is 0 Å². The Balaban J connectivity index is 2.14. The van der Waals surface area contributed by atoms with Crippen LogP contribution in [0.4, 0.5) is 13.2 Å². The van der Waals surface area contributed by atoms with E-state index in [1.165, 1.54) is 12.1 Å². The van der Waals surface area contributed by atoms with E-state index in [0.717, 1.165) is 18.7 Å². The number of rotatable bonds is 5. The Bertz CT molecular complexity index is 576. The molecular formula is C13H16F3N5. The summed E-state index contributed by atoms with van der Waals surface area (Å²) in [5, 5.41) is 14.6. The third kappa shape index (κ3) is 3.78. The molecule has 1 atom stereocenters. The molecule has 0 fully saturated rings. The van der Waals surface area contributed by atoms with Gasteiger partial charge in [-0.3, -0.25) is 0 Å². The van der Waals surface area contributed by atoms with Crippen LogP contribution in [0.25, 0.3) is 0 Å². The zero-order valence-corrected chi connectivity index (χ0v) is 11.7. The van der Waals surface area contributed by atoms with Crippen LogP contribution in [0.5, 0.6) is 0 Å². The first-order chi connectivity index (χ1) is 9.91. The highest BCUT2D eigenvalue weighted by molar-refractivity contribution is 5.24. The number of nitrogens with zero attached hydrogens (tertiary/aromatic N) is 4. The fourth-order valence-electron chi connectivity index (χ4n) is 2.00. The number of aromatic nitrogens is 4. The summed E-state index contributed by atoms with van der Waals surface area (Å²) in [4.78, 5) is 0. The van der Waals surface area contributed by atoms with E-state index in [4.69, 9.17) is 0 Å². The Labute approximate surface area is 120 Å². The highest BCUT2D eigenvalue weighted by atomic mass is 19.4. The minimum Gasteiger partial charge on any atom is -0.308 e. The zero-order chi connectivity index (χ0) is 15.5. The van der Waals surface area contributed by atoms with Crippen LogP contribution >= 0.6 is 0 Å². The molecule has 2 rings (SSSR count). The molecule has 0 aliphatic rings. The van der Waals surface area contributed by atoms with Crippen molar-refractivity contribution < 1.29 is 13.2 Å². The van der Waals surface area contributed by atoms with Gasteiger partial charge in [-0.1, -0.05) is 19.1 Å². The molecular weight excluding hydrogens is 283 g/mol. The minimum absolute atomic E-state index is 0.0283. The van der Waals surface area contributed by atoms with Crippen molar-refractivity contribution in [2.24, 2.45) is 0 Å². The summed E-state index contributed by atoms with van der Waals surface area (Å²) in [6.07, 6.45) is -4.32. The molecule has 1 aromatic carbocycles. The van der Waals surface area contributed by atoms with E-state index in [1.807, 2.05) is 13.8 Å². The number of nitrogens with one attached hydrogen (secondary N) is 1. The van der Waals surface area contributed by atoms with Crippen LogP contribution in [-0.2, 0) is 12.7 Å². The monoisotopic (exact) mass is 299 g/mol. The smallest absolute Gasteiger partial charge is 0.308 e. The van der Waals surface area contributed by atoms with Crippen LogP contribution in [0.15, 0.2) is 24.3 Å². The maximum Gasteiger partial charge on any atom is 0.416 e. The zero-order valence-electron chi connectivity index (χ0n) is 11.7. The fourth-order valence-corrected chi connectivity index (χ4v) is 2.00. The molecule has 1 unspecified atom stereocenters. The average Bonchev–Trinajstić information content (AvgIpc) is 2.87. The van der Waals surface area contributed by atoms with Crippen LogP contribution in [0.2, 0.25) is 0 Å². The average molecular weight is 299 g/mol. The second kappa shape index (κ2) is 6.21. The van der Waals surface area contributed by atoms with Crippen molar-refractivity contribution in [2.45, 2.75) is 32.6 Å². The largest absolute Gasteiger partial charge is 0.416 e. The molecule has 1 N–H and O–H groups in total. The summed E-state index contributed by atoms with van der Waals surface area (Å²) in [6.45, 7) is 5.00. The molecule has 2 aromatic rings. The van der Waals surface area contributed by atoms with Crippen LogP contribution in [-0.4, -0.2) is 26.8 Å². The maximum absolute atomic E-state index is 12.5. The van der Waals surface area contributed by atoms with E-state index in [2.05, 4.69) is 20.8 Å². The number of benzene rings is 1. The van der Waals surface area contributed by atoms with Crippen molar-refractivity contribution in [3.63, 3.8) is 0 Å². The molecule has 1 aromatic heterocycles. The SMILES string of the molecule is CCNC(C)c1nnnn1Cc1ccc(C(F)(F)F)cc1. The summed E-state index contributed by atoms with van der Waals surface area (Å²) in [5.74, 6) is 0.650. The Kier molecular flexibility index (Phi) is 4.56. The molecule has 8 heteroatoms. The minimum atomic E-state index is -4.32. The van der Waals surface area contributed by atoms with E-state index < -0.39 is 11.7 Å². The lowest BCUT2D eigenvalue weighted by Gasteiger charge is -2.12. The Morgan fingerprint density at radius 3 is 2.48 bits per heavy atom.